The van der Waals surface area contributed by atoms with Gasteiger partial charge in [-0.2, -0.15) is 0 Å². The van der Waals surface area contributed by atoms with Gasteiger partial charge in [0.1, 0.15) is 18.2 Å². The van der Waals surface area contributed by atoms with Gasteiger partial charge in [-0.05, 0) is 19.1 Å². The number of nitrogens with zero attached hydrogens (tertiary/aromatic N) is 4. The molecule has 0 radical (unpaired) electrons. The first kappa shape index (κ1) is 16.0. The number of carbonyl (C=O) groups is 1. The molecule has 2 aromatic rings. The molecule has 8 nitrogen and oxygen atoms in total. The molecule has 0 aliphatic carbocycles. The van der Waals surface area contributed by atoms with E-state index in [4.69, 9.17) is 9.84 Å². The molecule has 0 aromatic carbocycles. The van der Waals surface area contributed by atoms with E-state index in [-0.39, 0.29) is 6.10 Å². The van der Waals surface area contributed by atoms with Gasteiger partial charge >= 0.3 is 6.09 Å². The summed E-state index contributed by atoms with van der Waals surface area (Å²) in [5, 5.41) is 12.2. The molecule has 3 rings (SSSR count). The summed E-state index contributed by atoms with van der Waals surface area (Å²) >= 11 is 0. The van der Waals surface area contributed by atoms with Crippen molar-refractivity contribution in [1.82, 2.24) is 19.9 Å². The Bertz CT molecular complexity index is 716. The Morgan fingerprint density at radius 3 is 2.83 bits per heavy atom. The van der Waals surface area contributed by atoms with Crippen molar-refractivity contribution in [1.29, 1.82) is 0 Å². The number of nitrogens with one attached hydrogen (secondary N) is 1. The second-order valence-electron chi connectivity index (χ2n) is 5.59. The minimum absolute atomic E-state index is 0.0384. The van der Waals surface area contributed by atoms with E-state index in [0.717, 1.165) is 11.4 Å². The molecule has 3 heterocycles. The molecule has 1 aliphatic rings. The number of aryl methyl sites for hydroxylation is 1. The van der Waals surface area contributed by atoms with Crippen molar-refractivity contribution in [3.05, 3.63) is 36.4 Å². The van der Waals surface area contributed by atoms with Crippen molar-refractivity contribution in [3.63, 3.8) is 0 Å². The van der Waals surface area contributed by atoms with E-state index in [1.54, 1.807) is 12.3 Å². The van der Waals surface area contributed by atoms with Gasteiger partial charge in [0.2, 0.25) is 5.88 Å². The summed E-state index contributed by atoms with van der Waals surface area (Å²) < 4.78 is 5.87. The summed E-state index contributed by atoms with van der Waals surface area (Å²) in [5.74, 6) is 1.10. The summed E-state index contributed by atoms with van der Waals surface area (Å²) in [4.78, 5) is 24.9. The van der Waals surface area contributed by atoms with E-state index in [0.29, 0.717) is 37.6 Å². The van der Waals surface area contributed by atoms with Gasteiger partial charge in [0.05, 0.1) is 11.4 Å². The van der Waals surface area contributed by atoms with E-state index in [1.165, 1.54) is 11.2 Å². The maximum Gasteiger partial charge on any atom is 0.407 e. The highest BCUT2D eigenvalue weighted by atomic mass is 16.5. The molecule has 2 aromatic heterocycles. The van der Waals surface area contributed by atoms with Gasteiger partial charge in [0.15, 0.2) is 0 Å². The Hall–Kier alpha value is -2.90. The van der Waals surface area contributed by atoms with E-state index < -0.39 is 6.09 Å². The van der Waals surface area contributed by atoms with Gasteiger partial charge in [0, 0.05) is 38.2 Å². The van der Waals surface area contributed by atoms with Crippen molar-refractivity contribution < 1.29 is 14.6 Å². The lowest BCUT2D eigenvalue weighted by Crippen LogP contribution is -2.41. The maximum absolute atomic E-state index is 10.9. The summed E-state index contributed by atoms with van der Waals surface area (Å²) in [6, 6.07) is 5.51. The van der Waals surface area contributed by atoms with Crippen molar-refractivity contribution in [3.8, 4) is 5.88 Å². The molecule has 8 heteroatoms. The molecule has 0 saturated carbocycles. The molecule has 1 saturated heterocycles. The van der Waals surface area contributed by atoms with Crippen LogP contribution in [0.5, 0.6) is 5.88 Å². The zero-order chi connectivity index (χ0) is 16.9. The molecule has 24 heavy (non-hydrogen) atoms. The van der Waals surface area contributed by atoms with E-state index >= 15 is 0 Å². The molecule has 1 fully saturated rings. The topological polar surface area (TPSA) is 100 Å². The van der Waals surface area contributed by atoms with E-state index in [2.05, 4.69) is 20.3 Å². The van der Waals surface area contributed by atoms with Gasteiger partial charge in [-0.1, -0.05) is 0 Å². The number of ether oxygens (including phenoxy) is 1. The predicted octanol–water partition coefficient (Wildman–Crippen LogP) is 2.44. The predicted molar refractivity (Wildman–Crippen MR) is 87.5 cm³/mol. The molecule has 126 valence electrons. The smallest absolute Gasteiger partial charge is 0.407 e. The fraction of sp³-hybridized carbons (Fsp3) is 0.375. The lowest BCUT2D eigenvalue weighted by atomic mass is 10.1. The monoisotopic (exact) mass is 329 g/mol. The normalized spacial score (nSPS) is 15.1. The van der Waals surface area contributed by atoms with Crippen LogP contribution in [0.25, 0.3) is 0 Å². The van der Waals surface area contributed by atoms with Gasteiger partial charge in [-0.3, -0.25) is 4.98 Å². The Morgan fingerprint density at radius 2 is 2.12 bits per heavy atom. The first-order valence-electron chi connectivity index (χ1n) is 7.77. The van der Waals surface area contributed by atoms with Crippen molar-refractivity contribution in [2.24, 2.45) is 0 Å². The average molecular weight is 329 g/mol. The molecular formula is C16H19N5O3. The zero-order valence-corrected chi connectivity index (χ0v) is 13.3. The second-order valence-corrected chi connectivity index (χ2v) is 5.59. The second kappa shape index (κ2) is 7.12. The SMILES string of the molecule is Cc1ncccc1Nc1cc(OC2CCN(C(=O)O)CC2)ncn1. The van der Waals surface area contributed by atoms with Crippen LogP contribution in [0, 0.1) is 6.92 Å². The standard InChI is InChI=1S/C16H19N5O3/c1-11-13(3-2-6-17-11)20-14-9-15(19-10-18-14)24-12-4-7-21(8-5-12)16(22)23/h2-3,6,9-10,12H,4-5,7-8H2,1H3,(H,22,23)(H,18,19,20). The molecule has 2 N–H and O–H groups in total. The number of pyridine rings is 1. The lowest BCUT2D eigenvalue weighted by Gasteiger charge is -2.29. The molecule has 1 aliphatic heterocycles. The Morgan fingerprint density at radius 1 is 1.33 bits per heavy atom. The van der Waals surface area contributed by atoms with Crippen LogP contribution in [-0.4, -0.2) is 50.2 Å². The highest BCUT2D eigenvalue weighted by Gasteiger charge is 2.23. The van der Waals surface area contributed by atoms with Crippen molar-refractivity contribution in [2.75, 3.05) is 18.4 Å². The van der Waals surface area contributed by atoms with Crippen molar-refractivity contribution in [2.45, 2.75) is 25.9 Å². The number of carboxylic acid groups (broad SMARTS) is 1. The van der Waals surface area contributed by atoms with Crippen LogP contribution in [0.2, 0.25) is 0 Å². The summed E-state index contributed by atoms with van der Waals surface area (Å²) in [7, 11) is 0. The zero-order valence-electron chi connectivity index (χ0n) is 13.3. The Labute approximate surface area is 139 Å². The number of hydrogen-bond donors (Lipinski definition) is 2. The number of rotatable bonds is 4. The minimum atomic E-state index is -0.881. The quantitative estimate of drug-likeness (QED) is 0.888. The highest BCUT2D eigenvalue weighted by Crippen LogP contribution is 2.21. The van der Waals surface area contributed by atoms with Crippen LogP contribution < -0.4 is 10.1 Å². The van der Waals surface area contributed by atoms with E-state index in [9.17, 15) is 4.79 Å². The van der Waals surface area contributed by atoms with Gasteiger partial charge < -0.3 is 20.1 Å². The third-order valence-electron chi connectivity index (χ3n) is 3.91. The molecule has 1 amide bonds. The van der Waals surface area contributed by atoms with Crippen LogP contribution in [-0.2, 0) is 0 Å². The summed E-state index contributed by atoms with van der Waals surface area (Å²) in [5.41, 5.74) is 1.75. The largest absolute Gasteiger partial charge is 0.474 e. The van der Waals surface area contributed by atoms with Gasteiger partial charge in [-0.25, -0.2) is 14.8 Å². The van der Waals surface area contributed by atoms with Crippen LogP contribution in [0.15, 0.2) is 30.7 Å². The Balaban J connectivity index is 1.62. The Kier molecular flexibility index (Phi) is 4.74. The highest BCUT2D eigenvalue weighted by molar-refractivity contribution is 5.65. The third-order valence-corrected chi connectivity index (χ3v) is 3.91. The number of likely N-dealkylation sites (tertiary alicyclic amines) is 1. The van der Waals surface area contributed by atoms with Crippen LogP contribution >= 0.6 is 0 Å². The fourth-order valence-corrected chi connectivity index (χ4v) is 2.56. The van der Waals surface area contributed by atoms with E-state index in [1.807, 2.05) is 19.1 Å². The maximum atomic E-state index is 10.9. The van der Waals surface area contributed by atoms with Crippen LogP contribution in [0.4, 0.5) is 16.3 Å². The number of piperidine rings is 1. The van der Waals surface area contributed by atoms with Gasteiger partial charge in [0.25, 0.3) is 0 Å². The number of hydrogen-bond acceptors (Lipinski definition) is 6. The summed E-state index contributed by atoms with van der Waals surface area (Å²) in [6.07, 6.45) is 3.56. The van der Waals surface area contributed by atoms with Gasteiger partial charge in [-0.15, -0.1) is 0 Å². The summed E-state index contributed by atoms with van der Waals surface area (Å²) in [6.45, 7) is 2.87. The number of amides is 1. The average Bonchev–Trinajstić information content (AvgIpc) is 2.58. The molecular weight excluding hydrogens is 310 g/mol. The minimum Gasteiger partial charge on any atom is -0.474 e. The number of anilines is 2. The van der Waals surface area contributed by atoms with Crippen LogP contribution in [0.3, 0.4) is 0 Å². The fourth-order valence-electron chi connectivity index (χ4n) is 2.56. The molecule has 0 bridgehead atoms. The molecule has 0 atom stereocenters. The molecule has 0 spiro atoms. The number of aromatic nitrogens is 3. The lowest BCUT2D eigenvalue weighted by molar-refractivity contribution is 0.0870. The van der Waals surface area contributed by atoms with Crippen LogP contribution in [0.1, 0.15) is 18.5 Å². The molecule has 0 unspecified atom stereocenters. The van der Waals surface area contributed by atoms with Crippen molar-refractivity contribution >= 4 is 17.6 Å². The first-order chi connectivity index (χ1) is 11.6. The first-order valence-corrected chi connectivity index (χ1v) is 7.77. The third kappa shape index (κ3) is 3.89.